The van der Waals surface area contributed by atoms with E-state index in [0.29, 0.717) is 36.8 Å². The van der Waals surface area contributed by atoms with Crippen molar-refractivity contribution in [2.24, 2.45) is 5.73 Å². The third kappa shape index (κ3) is 6.38. The molecule has 0 aromatic heterocycles. The number of nitrogens with two attached hydrogens (primary N) is 1. The Labute approximate surface area is 160 Å². The fourth-order valence-corrected chi connectivity index (χ4v) is 2.70. The molecular weight excluding hydrogens is 358 g/mol. The number of carbonyl (C=O) groups is 2. The van der Waals surface area contributed by atoms with Crippen molar-refractivity contribution in [2.75, 3.05) is 39.4 Å². The molecule has 0 bridgehead atoms. The van der Waals surface area contributed by atoms with Crippen LogP contribution in [0.5, 0.6) is 11.5 Å². The van der Waals surface area contributed by atoms with E-state index < -0.39 is 0 Å². The molecule has 2 amide bonds. The van der Waals surface area contributed by atoms with Crippen molar-refractivity contribution < 1.29 is 19.1 Å². The average Bonchev–Trinajstić information content (AvgIpc) is 2.65. The maximum Gasteiger partial charge on any atom is 0.260 e. The Bertz CT molecular complexity index is 592. The van der Waals surface area contributed by atoms with Gasteiger partial charge in [-0.25, -0.2) is 0 Å². The molecule has 1 heterocycles. The number of hydrogen-bond donors (Lipinski definition) is 2. The van der Waals surface area contributed by atoms with Gasteiger partial charge in [-0.3, -0.25) is 9.59 Å². The Balaban J connectivity index is 0.00000338. The number of likely N-dealkylation sites (tertiary alicyclic amines) is 1. The molecule has 0 radical (unpaired) electrons. The molecule has 2 rings (SSSR count). The largest absolute Gasteiger partial charge is 0.490 e. The molecule has 8 heteroatoms. The van der Waals surface area contributed by atoms with Gasteiger partial charge in [0.2, 0.25) is 0 Å². The number of nitrogens with one attached hydrogen (secondary N) is 1. The summed E-state index contributed by atoms with van der Waals surface area (Å²) >= 11 is 0. The molecule has 0 saturated carbocycles. The first kappa shape index (κ1) is 22.1. The zero-order chi connectivity index (χ0) is 18.1. The molecule has 7 nitrogen and oxygen atoms in total. The summed E-state index contributed by atoms with van der Waals surface area (Å²) in [6.45, 7) is 4.63. The SMILES string of the molecule is CCOc1cc(C(=O)NCCN)ccc1OCC(=O)N1CCCCC1.Cl. The van der Waals surface area contributed by atoms with Crippen molar-refractivity contribution in [1.82, 2.24) is 10.2 Å². The molecule has 1 saturated heterocycles. The van der Waals surface area contributed by atoms with Gasteiger partial charge in [-0.2, -0.15) is 0 Å². The van der Waals surface area contributed by atoms with Gasteiger partial charge in [0.15, 0.2) is 18.1 Å². The highest BCUT2D eigenvalue weighted by atomic mass is 35.5. The van der Waals surface area contributed by atoms with Crippen molar-refractivity contribution in [3.63, 3.8) is 0 Å². The van der Waals surface area contributed by atoms with E-state index in [1.54, 1.807) is 18.2 Å². The lowest BCUT2D eigenvalue weighted by Gasteiger charge is -2.26. The van der Waals surface area contributed by atoms with Crippen LogP contribution >= 0.6 is 12.4 Å². The molecule has 146 valence electrons. The molecular formula is C18H28ClN3O4. The van der Waals surface area contributed by atoms with Crippen LogP contribution in [0, 0.1) is 0 Å². The molecule has 3 N–H and O–H groups in total. The Morgan fingerprint density at radius 2 is 1.88 bits per heavy atom. The predicted octanol–water partition coefficient (Wildman–Crippen LogP) is 1.59. The summed E-state index contributed by atoms with van der Waals surface area (Å²) in [5.74, 6) is 0.672. The topological polar surface area (TPSA) is 93.9 Å². The van der Waals surface area contributed by atoms with Gasteiger partial charge in [0.1, 0.15) is 0 Å². The van der Waals surface area contributed by atoms with E-state index in [1.807, 2.05) is 11.8 Å². The molecule has 26 heavy (non-hydrogen) atoms. The predicted molar refractivity (Wildman–Crippen MR) is 102 cm³/mol. The third-order valence-electron chi connectivity index (χ3n) is 4.00. The number of halogens is 1. The Morgan fingerprint density at radius 3 is 2.54 bits per heavy atom. The summed E-state index contributed by atoms with van der Waals surface area (Å²) in [4.78, 5) is 26.1. The van der Waals surface area contributed by atoms with E-state index in [1.165, 1.54) is 6.42 Å². The van der Waals surface area contributed by atoms with E-state index in [4.69, 9.17) is 15.2 Å². The van der Waals surface area contributed by atoms with Crippen LogP contribution in [0.2, 0.25) is 0 Å². The number of amides is 2. The molecule has 0 spiro atoms. The maximum absolute atomic E-state index is 12.2. The number of nitrogens with zero attached hydrogens (tertiary/aromatic N) is 1. The van der Waals surface area contributed by atoms with Crippen LogP contribution in [0.25, 0.3) is 0 Å². The van der Waals surface area contributed by atoms with Gasteiger partial charge in [-0.1, -0.05) is 0 Å². The number of piperidine rings is 1. The minimum atomic E-state index is -0.220. The molecule has 0 unspecified atom stereocenters. The Hall–Kier alpha value is -1.99. The van der Waals surface area contributed by atoms with Crippen LogP contribution < -0.4 is 20.5 Å². The fourth-order valence-electron chi connectivity index (χ4n) is 2.70. The van der Waals surface area contributed by atoms with E-state index in [-0.39, 0.29) is 30.8 Å². The van der Waals surface area contributed by atoms with Gasteiger partial charge in [0.25, 0.3) is 11.8 Å². The van der Waals surface area contributed by atoms with Crippen LogP contribution in [0.15, 0.2) is 18.2 Å². The van der Waals surface area contributed by atoms with E-state index >= 15 is 0 Å². The standard InChI is InChI=1S/C18H27N3O4.ClH/c1-2-24-16-12-14(18(23)20-9-8-19)6-7-15(16)25-13-17(22)21-10-4-3-5-11-21;/h6-7,12H,2-5,8-11,13,19H2,1H3,(H,20,23);1H. The lowest BCUT2D eigenvalue weighted by molar-refractivity contribution is -0.134. The lowest BCUT2D eigenvalue weighted by atomic mass is 10.1. The molecule has 1 aliphatic heterocycles. The maximum atomic E-state index is 12.2. The summed E-state index contributed by atoms with van der Waals surface area (Å²) < 4.78 is 11.2. The summed E-state index contributed by atoms with van der Waals surface area (Å²) in [6.07, 6.45) is 3.26. The molecule has 0 atom stereocenters. The minimum absolute atomic E-state index is 0. The normalized spacial score (nSPS) is 13.5. The zero-order valence-corrected chi connectivity index (χ0v) is 16.0. The van der Waals surface area contributed by atoms with Gasteiger partial charge in [0, 0.05) is 31.7 Å². The second-order valence-corrected chi connectivity index (χ2v) is 5.87. The Kier molecular flexibility index (Phi) is 9.83. The molecule has 1 aromatic rings. The van der Waals surface area contributed by atoms with E-state index in [2.05, 4.69) is 5.32 Å². The van der Waals surface area contributed by atoms with E-state index in [9.17, 15) is 9.59 Å². The van der Waals surface area contributed by atoms with Crippen molar-refractivity contribution in [3.05, 3.63) is 23.8 Å². The fraction of sp³-hybridized carbons (Fsp3) is 0.556. The van der Waals surface area contributed by atoms with Crippen molar-refractivity contribution in [1.29, 1.82) is 0 Å². The van der Waals surface area contributed by atoms with Gasteiger partial charge in [0.05, 0.1) is 6.61 Å². The minimum Gasteiger partial charge on any atom is -0.490 e. The number of benzene rings is 1. The monoisotopic (exact) mass is 385 g/mol. The van der Waals surface area contributed by atoms with Gasteiger partial charge in [-0.15, -0.1) is 12.4 Å². The van der Waals surface area contributed by atoms with Gasteiger partial charge in [-0.05, 0) is 44.4 Å². The average molecular weight is 386 g/mol. The number of carbonyl (C=O) groups excluding carboxylic acids is 2. The number of hydrogen-bond acceptors (Lipinski definition) is 5. The Morgan fingerprint density at radius 1 is 1.15 bits per heavy atom. The molecule has 0 aliphatic carbocycles. The van der Waals surface area contributed by atoms with Gasteiger partial charge >= 0.3 is 0 Å². The third-order valence-corrected chi connectivity index (χ3v) is 4.00. The highest BCUT2D eigenvalue weighted by Crippen LogP contribution is 2.28. The zero-order valence-electron chi connectivity index (χ0n) is 15.2. The summed E-state index contributed by atoms with van der Waals surface area (Å²) in [6, 6.07) is 4.93. The van der Waals surface area contributed by atoms with Crippen molar-refractivity contribution in [3.8, 4) is 11.5 Å². The van der Waals surface area contributed by atoms with Crippen LogP contribution in [0.1, 0.15) is 36.5 Å². The lowest BCUT2D eigenvalue weighted by Crippen LogP contribution is -2.38. The van der Waals surface area contributed by atoms with E-state index in [0.717, 1.165) is 25.9 Å². The van der Waals surface area contributed by atoms with Crippen LogP contribution in [0.3, 0.4) is 0 Å². The van der Waals surface area contributed by atoms with Crippen LogP contribution in [-0.4, -0.2) is 56.1 Å². The molecule has 1 aromatic carbocycles. The second-order valence-electron chi connectivity index (χ2n) is 5.87. The first-order valence-electron chi connectivity index (χ1n) is 8.81. The summed E-state index contributed by atoms with van der Waals surface area (Å²) in [5, 5.41) is 2.71. The number of ether oxygens (including phenoxy) is 2. The van der Waals surface area contributed by atoms with Crippen LogP contribution in [0.4, 0.5) is 0 Å². The van der Waals surface area contributed by atoms with Crippen LogP contribution in [-0.2, 0) is 4.79 Å². The first-order chi connectivity index (χ1) is 12.2. The smallest absolute Gasteiger partial charge is 0.260 e. The van der Waals surface area contributed by atoms with Crippen molar-refractivity contribution >= 4 is 24.2 Å². The number of rotatable bonds is 8. The highest BCUT2D eigenvalue weighted by molar-refractivity contribution is 5.94. The quantitative estimate of drug-likeness (QED) is 0.708. The van der Waals surface area contributed by atoms with Crippen molar-refractivity contribution in [2.45, 2.75) is 26.2 Å². The first-order valence-corrected chi connectivity index (χ1v) is 8.81. The summed E-state index contributed by atoms with van der Waals surface area (Å²) in [7, 11) is 0. The molecule has 1 aliphatic rings. The highest BCUT2D eigenvalue weighted by Gasteiger charge is 2.18. The second kappa shape index (κ2) is 11.6. The van der Waals surface area contributed by atoms with Gasteiger partial charge < -0.3 is 25.4 Å². The molecule has 1 fully saturated rings. The summed E-state index contributed by atoms with van der Waals surface area (Å²) in [5.41, 5.74) is 5.86.